The summed E-state index contributed by atoms with van der Waals surface area (Å²) in [5.74, 6) is -0.260. The van der Waals surface area contributed by atoms with Gasteiger partial charge in [-0.25, -0.2) is 0 Å². The normalized spacial score (nSPS) is 12.9. The summed E-state index contributed by atoms with van der Waals surface area (Å²) < 4.78 is 75.6. The highest BCUT2D eigenvalue weighted by Crippen LogP contribution is 2.41. The van der Waals surface area contributed by atoms with Gasteiger partial charge in [-0.3, -0.25) is 0 Å². The summed E-state index contributed by atoms with van der Waals surface area (Å²) in [5, 5.41) is 0. The fraction of sp³-hybridized carbons (Fsp3) is 0.455. The minimum absolute atomic E-state index is 0.0690. The molecule has 0 amide bonds. The Bertz CT molecular complexity index is 391. The molecule has 7 heteroatoms. The second-order valence-corrected chi connectivity index (χ2v) is 3.92. The topological polar surface area (TPSA) is 0 Å². The van der Waals surface area contributed by atoms with E-state index in [1.54, 1.807) is 6.92 Å². The zero-order valence-electron chi connectivity index (χ0n) is 9.21. The lowest BCUT2D eigenvalue weighted by molar-refractivity contribution is -0.162. The highest BCUT2D eigenvalue weighted by Gasteiger charge is 2.43. The van der Waals surface area contributed by atoms with Crippen LogP contribution in [0.5, 0.6) is 0 Å². The fourth-order valence-corrected chi connectivity index (χ4v) is 1.86. The predicted molar refractivity (Wildman–Crippen MR) is 55.4 cm³/mol. The summed E-state index contributed by atoms with van der Waals surface area (Å²) in [6.07, 6.45) is -9.92. The van der Waals surface area contributed by atoms with Crippen molar-refractivity contribution in [2.45, 2.75) is 31.6 Å². The lowest BCUT2D eigenvalue weighted by Crippen LogP contribution is -2.18. The molecule has 0 aliphatic carbocycles. The first-order valence-corrected chi connectivity index (χ1v) is 5.50. The van der Waals surface area contributed by atoms with Gasteiger partial charge in [-0.2, -0.15) is 26.3 Å². The molecule has 0 saturated carbocycles. The van der Waals surface area contributed by atoms with Crippen molar-refractivity contribution in [1.82, 2.24) is 0 Å². The molecule has 0 N–H and O–H groups in total. The van der Waals surface area contributed by atoms with E-state index in [0.717, 1.165) is 0 Å². The molecule has 0 bridgehead atoms. The Balaban J connectivity index is 3.57. The molecule has 0 unspecified atom stereocenters. The standard InChI is InChI=1S/C11H9ClF6/c1-2-6-3-8(10(13,14)15)9(11(16,17)18)4-7(6)5-12/h3-4H,2,5H2,1H3. The van der Waals surface area contributed by atoms with Crippen LogP contribution in [0.4, 0.5) is 26.3 Å². The lowest BCUT2D eigenvalue weighted by atomic mass is 9.97. The van der Waals surface area contributed by atoms with Gasteiger partial charge in [-0.1, -0.05) is 6.92 Å². The minimum atomic E-state index is -5.06. The maximum absolute atomic E-state index is 12.6. The van der Waals surface area contributed by atoms with Crippen molar-refractivity contribution < 1.29 is 26.3 Å². The van der Waals surface area contributed by atoms with Crippen molar-refractivity contribution in [3.8, 4) is 0 Å². The first-order chi connectivity index (χ1) is 8.11. The highest BCUT2D eigenvalue weighted by atomic mass is 35.5. The molecule has 0 aliphatic rings. The Kier molecular flexibility index (Phi) is 4.20. The average Bonchev–Trinajstić information content (AvgIpc) is 2.24. The second kappa shape index (κ2) is 4.99. The summed E-state index contributed by atoms with van der Waals surface area (Å²) in [5.41, 5.74) is -3.12. The van der Waals surface area contributed by atoms with E-state index in [1.807, 2.05) is 0 Å². The molecular formula is C11H9ClF6. The van der Waals surface area contributed by atoms with Crippen LogP contribution in [0.2, 0.25) is 0 Å². The molecule has 1 rings (SSSR count). The third kappa shape index (κ3) is 3.10. The molecular weight excluding hydrogens is 282 g/mol. The zero-order chi connectivity index (χ0) is 14.1. The monoisotopic (exact) mass is 290 g/mol. The van der Waals surface area contributed by atoms with Gasteiger partial charge in [0.2, 0.25) is 0 Å². The zero-order valence-corrected chi connectivity index (χ0v) is 9.97. The van der Waals surface area contributed by atoms with E-state index in [4.69, 9.17) is 11.6 Å². The van der Waals surface area contributed by atoms with Gasteiger partial charge in [-0.15, -0.1) is 11.6 Å². The number of halogens is 7. The highest BCUT2D eigenvalue weighted by molar-refractivity contribution is 6.17. The van der Waals surface area contributed by atoms with E-state index in [1.165, 1.54) is 0 Å². The minimum Gasteiger partial charge on any atom is -0.166 e. The summed E-state index contributed by atoms with van der Waals surface area (Å²) in [6.45, 7) is 1.55. The van der Waals surface area contributed by atoms with Gasteiger partial charge in [-0.05, 0) is 29.7 Å². The summed E-state index contributed by atoms with van der Waals surface area (Å²) in [4.78, 5) is 0. The number of aryl methyl sites for hydroxylation is 1. The maximum Gasteiger partial charge on any atom is 0.417 e. The van der Waals surface area contributed by atoms with Gasteiger partial charge in [0.25, 0.3) is 0 Å². The Labute approximate surface area is 105 Å². The molecule has 18 heavy (non-hydrogen) atoms. The SMILES string of the molecule is CCc1cc(C(F)(F)F)c(C(F)(F)F)cc1CCl. The van der Waals surface area contributed by atoms with Gasteiger partial charge in [0, 0.05) is 5.88 Å². The predicted octanol–water partition coefficient (Wildman–Crippen LogP) is 5.03. The first-order valence-electron chi connectivity index (χ1n) is 4.97. The molecule has 0 saturated heterocycles. The number of rotatable bonds is 2. The Hall–Kier alpha value is -0.910. The van der Waals surface area contributed by atoms with Crippen LogP contribution in [0.25, 0.3) is 0 Å². The van der Waals surface area contributed by atoms with Crippen LogP contribution in [0, 0.1) is 0 Å². The van der Waals surface area contributed by atoms with Crippen molar-refractivity contribution in [3.05, 3.63) is 34.4 Å². The lowest BCUT2D eigenvalue weighted by Gasteiger charge is -2.18. The van der Waals surface area contributed by atoms with Crippen LogP contribution in [0.15, 0.2) is 12.1 Å². The second-order valence-electron chi connectivity index (χ2n) is 3.65. The van der Waals surface area contributed by atoms with Crippen LogP contribution in [0.3, 0.4) is 0 Å². The maximum atomic E-state index is 12.6. The van der Waals surface area contributed by atoms with Crippen molar-refractivity contribution >= 4 is 11.6 Å². The molecule has 0 spiro atoms. The number of hydrogen-bond acceptors (Lipinski definition) is 0. The molecule has 0 nitrogen and oxygen atoms in total. The molecule has 0 aromatic heterocycles. The van der Waals surface area contributed by atoms with Crippen molar-refractivity contribution in [1.29, 1.82) is 0 Å². The van der Waals surface area contributed by atoms with E-state index >= 15 is 0 Å². The van der Waals surface area contributed by atoms with Crippen LogP contribution >= 0.6 is 11.6 Å². The number of benzene rings is 1. The van der Waals surface area contributed by atoms with Crippen LogP contribution in [-0.4, -0.2) is 0 Å². The summed E-state index contributed by atoms with van der Waals surface area (Å²) in [7, 11) is 0. The van der Waals surface area contributed by atoms with Crippen LogP contribution < -0.4 is 0 Å². The third-order valence-electron chi connectivity index (χ3n) is 2.48. The van der Waals surface area contributed by atoms with Gasteiger partial charge in [0.05, 0.1) is 11.1 Å². The molecule has 1 aromatic carbocycles. The van der Waals surface area contributed by atoms with Gasteiger partial charge in [0.1, 0.15) is 0 Å². The quantitative estimate of drug-likeness (QED) is 0.529. The van der Waals surface area contributed by atoms with Crippen LogP contribution in [0.1, 0.15) is 29.2 Å². The largest absolute Gasteiger partial charge is 0.417 e. The van der Waals surface area contributed by atoms with Gasteiger partial charge >= 0.3 is 12.4 Å². The average molecular weight is 291 g/mol. The molecule has 0 fully saturated rings. The summed E-state index contributed by atoms with van der Waals surface area (Å²) in [6, 6.07) is 1.01. The molecule has 0 heterocycles. The van der Waals surface area contributed by atoms with Crippen molar-refractivity contribution in [3.63, 3.8) is 0 Å². The Morgan fingerprint density at radius 1 is 0.889 bits per heavy atom. The van der Waals surface area contributed by atoms with E-state index in [2.05, 4.69) is 0 Å². The summed E-state index contributed by atoms with van der Waals surface area (Å²) >= 11 is 5.45. The molecule has 0 atom stereocenters. The molecule has 0 radical (unpaired) electrons. The van der Waals surface area contributed by atoms with Crippen LogP contribution in [-0.2, 0) is 24.7 Å². The van der Waals surface area contributed by atoms with E-state index in [9.17, 15) is 26.3 Å². The third-order valence-corrected chi connectivity index (χ3v) is 2.76. The van der Waals surface area contributed by atoms with E-state index in [0.29, 0.717) is 12.1 Å². The van der Waals surface area contributed by atoms with Crippen molar-refractivity contribution in [2.24, 2.45) is 0 Å². The number of alkyl halides is 7. The van der Waals surface area contributed by atoms with Gasteiger partial charge in [0.15, 0.2) is 0 Å². The van der Waals surface area contributed by atoms with E-state index < -0.39 is 23.5 Å². The van der Waals surface area contributed by atoms with E-state index in [-0.39, 0.29) is 23.4 Å². The fourth-order valence-electron chi connectivity index (χ4n) is 1.61. The Morgan fingerprint density at radius 3 is 1.56 bits per heavy atom. The smallest absolute Gasteiger partial charge is 0.166 e. The molecule has 0 aliphatic heterocycles. The molecule has 1 aromatic rings. The first kappa shape index (κ1) is 15.1. The number of hydrogen-bond donors (Lipinski definition) is 0. The van der Waals surface area contributed by atoms with Gasteiger partial charge < -0.3 is 0 Å². The Morgan fingerprint density at radius 2 is 1.28 bits per heavy atom. The van der Waals surface area contributed by atoms with Crippen molar-refractivity contribution in [2.75, 3.05) is 0 Å². The molecule has 102 valence electrons.